The summed E-state index contributed by atoms with van der Waals surface area (Å²) in [5, 5.41) is 3.23. The Balaban J connectivity index is 1.76. The summed E-state index contributed by atoms with van der Waals surface area (Å²) in [4.78, 5) is 0.311. The Morgan fingerprint density at radius 1 is 1.19 bits per heavy atom. The van der Waals surface area contributed by atoms with Crippen molar-refractivity contribution in [1.82, 2.24) is 4.72 Å². The molecule has 1 aliphatic rings. The number of hydrogen-bond acceptors (Lipinski definition) is 5. The lowest BCUT2D eigenvalue weighted by molar-refractivity contribution is 0.141. The Morgan fingerprint density at radius 2 is 1.90 bits per heavy atom. The van der Waals surface area contributed by atoms with Gasteiger partial charge in [-0.15, -0.1) is 0 Å². The van der Waals surface area contributed by atoms with E-state index < -0.39 is 10.0 Å². The summed E-state index contributed by atoms with van der Waals surface area (Å²) in [6.45, 7) is 2.57. The predicted molar refractivity (Wildman–Crippen MR) is 82.8 cm³/mol. The van der Waals surface area contributed by atoms with Gasteiger partial charge in [0.15, 0.2) is 0 Å². The Morgan fingerprint density at radius 3 is 2.52 bits per heavy atom. The van der Waals surface area contributed by atoms with E-state index in [1.807, 2.05) is 0 Å². The summed E-state index contributed by atoms with van der Waals surface area (Å²) >= 11 is 0. The predicted octanol–water partition coefficient (Wildman–Crippen LogP) is 0.905. The van der Waals surface area contributed by atoms with Crippen LogP contribution in [0.5, 0.6) is 0 Å². The Labute approximate surface area is 126 Å². The van der Waals surface area contributed by atoms with Crippen LogP contribution in [0.4, 0.5) is 5.69 Å². The molecule has 2 rings (SSSR count). The van der Waals surface area contributed by atoms with Gasteiger partial charge < -0.3 is 15.8 Å². The summed E-state index contributed by atoms with van der Waals surface area (Å²) in [6.07, 6.45) is 2.75. The Kier molecular flexibility index (Phi) is 5.98. The SMILES string of the molecule is NCCOCCCNc1ccc(S(=O)(=O)NC2CC2)cc1. The van der Waals surface area contributed by atoms with Gasteiger partial charge in [-0.1, -0.05) is 0 Å². The molecule has 118 valence electrons. The van der Waals surface area contributed by atoms with E-state index >= 15 is 0 Å². The minimum Gasteiger partial charge on any atom is -0.385 e. The van der Waals surface area contributed by atoms with E-state index in [0.29, 0.717) is 24.7 Å². The number of rotatable bonds is 10. The molecule has 6 nitrogen and oxygen atoms in total. The van der Waals surface area contributed by atoms with Crippen LogP contribution in [0.3, 0.4) is 0 Å². The number of sulfonamides is 1. The topological polar surface area (TPSA) is 93.4 Å². The summed E-state index contributed by atoms with van der Waals surface area (Å²) < 4.78 is 31.9. The monoisotopic (exact) mass is 313 g/mol. The number of benzene rings is 1. The van der Waals surface area contributed by atoms with Crippen LogP contribution in [0.25, 0.3) is 0 Å². The zero-order chi connectivity index (χ0) is 15.1. The normalized spacial score (nSPS) is 15.1. The smallest absolute Gasteiger partial charge is 0.240 e. The Hall–Kier alpha value is -1.15. The molecule has 21 heavy (non-hydrogen) atoms. The fourth-order valence-corrected chi connectivity index (χ4v) is 3.14. The number of nitrogens with one attached hydrogen (secondary N) is 2. The Bertz CT molecular complexity index is 527. The van der Waals surface area contributed by atoms with Gasteiger partial charge in [-0.25, -0.2) is 13.1 Å². The van der Waals surface area contributed by atoms with Crippen molar-refractivity contribution in [3.05, 3.63) is 24.3 Å². The second-order valence-corrected chi connectivity index (χ2v) is 6.82. The standard InChI is InChI=1S/C14H23N3O3S/c15-8-11-20-10-1-9-16-12-4-6-14(7-5-12)21(18,19)17-13-2-3-13/h4-7,13,16-17H,1-3,8-11,15H2. The van der Waals surface area contributed by atoms with Crippen molar-refractivity contribution in [2.45, 2.75) is 30.2 Å². The first-order valence-corrected chi connectivity index (χ1v) is 8.74. The highest BCUT2D eigenvalue weighted by Crippen LogP contribution is 2.22. The molecule has 0 aliphatic heterocycles. The van der Waals surface area contributed by atoms with Crippen LogP contribution < -0.4 is 15.8 Å². The number of ether oxygens (including phenoxy) is 1. The van der Waals surface area contributed by atoms with Gasteiger partial charge in [0.25, 0.3) is 0 Å². The van der Waals surface area contributed by atoms with Gasteiger partial charge >= 0.3 is 0 Å². The number of nitrogens with two attached hydrogens (primary N) is 1. The first-order chi connectivity index (χ1) is 10.1. The molecule has 0 amide bonds. The van der Waals surface area contributed by atoms with E-state index in [2.05, 4.69) is 10.0 Å². The third kappa shape index (κ3) is 5.62. The summed E-state index contributed by atoms with van der Waals surface area (Å²) in [6, 6.07) is 6.93. The summed E-state index contributed by atoms with van der Waals surface area (Å²) in [7, 11) is -3.36. The molecule has 1 aromatic rings. The molecule has 4 N–H and O–H groups in total. The molecule has 0 spiro atoms. The minimum absolute atomic E-state index is 0.126. The fraction of sp³-hybridized carbons (Fsp3) is 0.571. The summed E-state index contributed by atoms with van der Waals surface area (Å²) in [5.41, 5.74) is 6.22. The molecule has 1 aliphatic carbocycles. The highest BCUT2D eigenvalue weighted by molar-refractivity contribution is 7.89. The third-order valence-electron chi connectivity index (χ3n) is 3.12. The molecule has 0 saturated heterocycles. The van der Waals surface area contributed by atoms with Gasteiger partial charge in [0.2, 0.25) is 10.0 Å². The van der Waals surface area contributed by atoms with Crippen molar-refractivity contribution in [3.63, 3.8) is 0 Å². The molecule has 0 heterocycles. The largest absolute Gasteiger partial charge is 0.385 e. The highest BCUT2D eigenvalue weighted by Gasteiger charge is 2.27. The van der Waals surface area contributed by atoms with Crippen molar-refractivity contribution in [2.75, 3.05) is 31.6 Å². The van der Waals surface area contributed by atoms with E-state index in [0.717, 1.165) is 31.5 Å². The van der Waals surface area contributed by atoms with E-state index in [1.165, 1.54) is 0 Å². The fourth-order valence-electron chi connectivity index (χ4n) is 1.83. The molecule has 0 radical (unpaired) electrons. The maximum Gasteiger partial charge on any atom is 0.240 e. The lowest BCUT2D eigenvalue weighted by Crippen LogP contribution is -2.25. The average molecular weight is 313 g/mol. The first-order valence-electron chi connectivity index (χ1n) is 7.26. The van der Waals surface area contributed by atoms with Gasteiger partial charge in [0, 0.05) is 31.4 Å². The van der Waals surface area contributed by atoms with Gasteiger partial charge in [0.1, 0.15) is 0 Å². The zero-order valence-electron chi connectivity index (χ0n) is 12.0. The van der Waals surface area contributed by atoms with Crippen LogP contribution in [0.2, 0.25) is 0 Å². The van der Waals surface area contributed by atoms with Crippen molar-refractivity contribution in [3.8, 4) is 0 Å². The van der Waals surface area contributed by atoms with Crippen LogP contribution in [-0.2, 0) is 14.8 Å². The maximum atomic E-state index is 12.0. The highest BCUT2D eigenvalue weighted by atomic mass is 32.2. The summed E-state index contributed by atoms with van der Waals surface area (Å²) in [5.74, 6) is 0. The van der Waals surface area contributed by atoms with E-state index in [1.54, 1.807) is 24.3 Å². The van der Waals surface area contributed by atoms with Crippen LogP contribution in [0.15, 0.2) is 29.2 Å². The van der Waals surface area contributed by atoms with E-state index in [9.17, 15) is 8.42 Å². The van der Waals surface area contributed by atoms with Crippen LogP contribution in [-0.4, -0.2) is 40.8 Å². The van der Waals surface area contributed by atoms with Crippen LogP contribution in [0, 0.1) is 0 Å². The first kappa shape index (κ1) is 16.2. The minimum atomic E-state index is -3.36. The molecule has 1 saturated carbocycles. The lowest BCUT2D eigenvalue weighted by atomic mass is 10.3. The molecular formula is C14H23N3O3S. The van der Waals surface area contributed by atoms with Crippen molar-refractivity contribution < 1.29 is 13.2 Å². The van der Waals surface area contributed by atoms with Gasteiger partial charge in [0.05, 0.1) is 11.5 Å². The number of anilines is 1. The molecule has 1 fully saturated rings. The molecule has 1 aromatic carbocycles. The van der Waals surface area contributed by atoms with E-state index in [4.69, 9.17) is 10.5 Å². The second-order valence-electron chi connectivity index (χ2n) is 5.10. The van der Waals surface area contributed by atoms with Crippen molar-refractivity contribution >= 4 is 15.7 Å². The maximum absolute atomic E-state index is 12.0. The molecule has 0 unspecified atom stereocenters. The molecule has 0 bridgehead atoms. The van der Waals surface area contributed by atoms with Gasteiger partial charge in [-0.05, 0) is 43.5 Å². The lowest BCUT2D eigenvalue weighted by Gasteiger charge is -2.09. The van der Waals surface area contributed by atoms with Crippen molar-refractivity contribution in [1.29, 1.82) is 0 Å². The van der Waals surface area contributed by atoms with Crippen LogP contribution in [0.1, 0.15) is 19.3 Å². The molecular weight excluding hydrogens is 290 g/mol. The van der Waals surface area contributed by atoms with Crippen LogP contribution >= 0.6 is 0 Å². The van der Waals surface area contributed by atoms with E-state index in [-0.39, 0.29) is 6.04 Å². The molecule has 0 atom stereocenters. The molecule has 0 aromatic heterocycles. The zero-order valence-corrected chi connectivity index (χ0v) is 12.9. The third-order valence-corrected chi connectivity index (χ3v) is 4.66. The second kappa shape index (κ2) is 7.74. The average Bonchev–Trinajstić information content (AvgIpc) is 3.26. The van der Waals surface area contributed by atoms with Gasteiger partial charge in [-0.2, -0.15) is 0 Å². The number of hydrogen-bond donors (Lipinski definition) is 3. The quantitative estimate of drug-likeness (QED) is 0.558. The van der Waals surface area contributed by atoms with Gasteiger partial charge in [-0.3, -0.25) is 0 Å². The van der Waals surface area contributed by atoms with Crippen molar-refractivity contribution in [2.24, 2.45) is 5.73 Å². The molecule has 7 heteroatoms.